The van der Waals surface area contributed by atoms with Crippen molar-refractivity contribution < 1.29 is 31.2 Å². The Morgan fingerprint density at radius 1 is 0.974 bits per heavy atom. The average Bonchev–Trinajstić information content (AvgIpc) is 3.35. The number of aliphatic carboxylic acids is 1. The third-order valence-electron chi connectivity index (χ3n) is 6.69. The molecule has 4 rings (SSSR count). The van der Waals surface area contributed by atoms with Gasteiger partial charge in [0, 0.05) is 28.6 Å². The summed E-state index contributed by atoms with van der Waals surface area (Å²) in [5.74, 6) is -1.15. The van der Waals surface area contributed by atoms with Crippen molar-refractivity contribution >= 4 is 23.3 Å². The molecule has 1 fully saturated rings. The first-order chi connectivity index (χ1) is 18.2. The molecule has 1 amide bonds. The van der Waals surface area contributed by atoms with Crippen molar-refractivity contribution in [2.45, 2.75) is 58.7 Å². The van der Waals surface area contributed by atoms with Crippen LogP contribution in [-0.4, -0.2) is 46.2 Å². The molecule has 0 spiro atoms. The SMILES string of the molecule is CC(C)(C)C[C@H](N=C(c1ccccc1)c1ccccc1[N-]C(=O)[C@@H]1CCCN1Cc1ccccc1)C(=O)O.[Ni]. The molecule has 7 heteroatoms. The van der Waals surface area contributed by atoms with Crippen LogP contribution in [0.2, 0.25) is 0 Å². The molecule has 0 bridgehead atoms. The predicted molar refractivity (Wildman–Crippen MR) is 152 cm³/mol. The van der Waals surface area contributed by atoms with Gasteiger partial charge in [-0.2, -0.15) is 0 Å². The molecule has 0 radical (unpaired) electrons. The van der Waals surface area contributed by atoms with Crippen LogP contribution in [0.4, 0.5) is 5.69 Å². The third kappa shape index (κ3) is 8.35. The van der Waals surface area contributed by atoms with E-state index in [9.17, 15) is 14.7 Å². The normalized spacial score (nSPS) is 16.8. The van der Waals surface area contributed by atoms with Crippen LogP contribution in [0.1, 0.15) is 56.7 Å². The van der Waals surface area contributed by atoms with E-state index in [-0.39, 0.29) is 33.9 Å². The maximum atomic E-state index is 13.5. The van der Waals surface area contributed by atoms with Crippen LogP contribution < -0.4 is 0 Å². The maximum Gasteiger partial charge on any atom is 0.328 e. The molecule has 0 unspecified atom stereocenters. The molecule has 3 aromatic carbocycles. The van der Waals surface area contributed by atoms with E-state index in [1.165, 1.54) is 5.56 Å². The number of hydrogen-bond donors (Lipinski definition) is 1. The molecule has 6 nitrogen and oxygen atoms in total. The van der Waals surface area contributed by atoms with E-state index in [1.54, 1.807) is 0 Å². The number of carbonyl (C=O) groups excluding carboxylic acids is 1. The first-order valence-electron chi connectivity index (χ1n) is 13.2. The van der Waals surface area contributed by atoms with Gasteiger partial charge < -0.3 is 15.2 Å². The van der Waals surface area contributed by atoms with E-state index >= 15 is 0 Å². The van der Waals surface area contributed by atoms with Crippen LogP contribution in [0.25, 0.3) is 5.32 Å². The molecular weight excluding hydrogens is 533 g/mol. The van der Waals surface area contributed by atoms with Crippen LogP contribution in [0.3, 0.4) is 0 Å². The Morgan fingerprint density at radius 2 is 1.59 bits per heavy atom. The Balaban J connectivity index is 0.00000420. The van der Waals surface area contributed by atoms with Crippen molar-refractivity contribution in [3.8, 4) is 0 Å². The Labute approximate surface area is 241 Å². The minimum Gasteiger partial charge on any atom is -0.625 e. The van der Waals surface area contributed by atoms with Crippen LogP contribution >= 0.6 is 0 Å². The molecule has 1 heterocycles. The molecule has 1 aliphatic rings. The van der Waals surface area contributed by atoms with Crippen molar-refractivity contribution in [3.63, 3.8) is 0 Å². The van der Waals surface area contributed by atoms with Crippen molar-refractivity contribution in [1.82, 2.24) is 4.90 Å². The Bertz CT molecular complexity index is 1270. The van der Waals surface area contributed by atoms with Gasteiger partial charge in [-0.25, -0.2) is 4.79 Å². The summed E-state index contributed by atoms with van der Waals surface area (Å²) in [6.45, 7) is 7.58. The number of para-hydroxylation sites is 1. The van der Waals surface area contributed by atoms with Gasteiger partial charge in [-0.05, 0) is 42.3 Å². The fourth-order valence-corrected chi connectivity index (χ4v) is 4.90. The van der Waals surface area contributed by atoms with E-state index in [4.69, 9.17) is 4.99 Å². The summed E-state index contributed by atoms with van der Waals surface area (Å²) in [4.78, 5) is 32.7. The number of amides is 1. The smallest absolute Gasteiger partial charge is 0.328 e. The second-order valence-electron chi connectivity index (χ2n) is 11.0. The molecular formula is C32H36N3NiO3-. The van der Waals surface area contributed by atoms with Gasteiger partial charge in [0.1, 0.15) is 6.04 Å². The standard InChI is InChI=1S/C32H37N3O3.Ni/c1-32(2,3)21-27(31(37)38)33-29(24-15-8-5-9-16-24)25-17-10-11-18-26(25)34-30(36)28-19-12-20-35(28)22-23-13-6-4-7-14-23;/h4-11,13-18,27-28H,12,19-22H2,1-3H3,(H2,33,34,36,37,38);/p-1/t27-,28-;/m0./s1. The van der Waals surface area contributed by atoms with Gasteiger partial charge in [-0.3, -0.25) is 9.89 Å². The Hall–Kier alpha value is -3.28. The Morgan fingerprint density at radius 3 is 2.23 bits per heavy atom. The molecule has 1 saturated heterocycles. The number of carbonyl (C=O) groups is 2. The summed E-state index contributed by atoms with van der Waals surface area (Å²) in [5.41, 5.74) is 3.42. The average molecular weight is 569 g/mol. The summed E-state index contributed by atoms with van der Waals surface area (Å²) < 4.78 is 0. The van der Waals surface area contributed by atoms with Gasteiger partial charge in [0.15, 0.2) is 0 Å². The first-order valence-corrected chi connectivity index (χ1v) is 13.2. The fraction of sp³-hybridized carbons (Fsp3) is 0.344. The van der Waals surface area contributed by atoms with Crippen molar-refractivity contribution in [1.29, 1.82) is 0 Å². The minimum atomic E-state index is -0.971. The second kappa shape index (κ2) is 13.7. The van der Waals surface area contributed by atoms with Gasteiger partial charge in [0.05, 0.1) is 17.7 Å². The van der Waals surface area contributed by atoms with Gasteiger partial charge in [0.25, 0.3) is 0 Å². The Kier molecular flexibility index (Phi) is 10.6. The van der Waals surface area contributed by atoms with E-state index in [0.29, 0.717) is 29.9 Å². The summed E-state index contributed by atoms with van der Waals surface area (Å²) in [5, 5.41) is 14.6. The van der Waals surface area contributed by atoms with Gasteiger partial charge in [-0.15, -0.1) is 5.69 Å². The summed E-state index contributed by atoms with van der Waals surface area (Å²) in [6.07, 6.45) is 2.10. The largest absolute Gasteiger partial charge is 0.625 e. The van der Waals surface area contributed by atoms with Crippen LogP contribution in [0.5, 0.6) is 0 Å². The van der Waals surface area contributed by atoms with E-state index in [1.807, 2.05) is 93.6 Å². The number of nitrogens with zero attached hydrogens (tertiary/aromatic N) is 3. The predicted octanol–water partition coefficient (Wildman–Crippen LogP) is 6.61. The van der Waals surface area contributed by atoms with Crippen LogP contribution in [0.15, 0.2) is 89.9 Å². The zero-order valence-corrected chi connectivity index (χ0v) is 23.7. The second-order valence-corrected chi connectivity index (χ2v) is 11.0. The molecule has 1 aliphatic heterocycles. The zero-order chi connectivity index (χ0) is 27.1. The summed E-state index contributed by atoms with van der Waals surface area (Å²) in [6, 6.07) is 25.9. The summed E-state index contributed by atoms with van der Waals surface area (Å²) >= 11 is 0. The van der Waals surface area contributed by atoms with Gasteiger partial charge in [-0.1, -0.05) is 106 Å². The molecule has 2 atom stereocenters. The van der Waals surface area contributed by atoms with Crippen molar-refractivity contribution in [2.24, 2.45) is 10.4 Å². The van der Waals surface area contributed by atoms with Crippen molar-refractivity contribution in [3.05, 3.63) is 107 Å². The molecule has 0 aromatic heterocycles. The topological polar surface area (TPSA) is 84.1 Å². The van der Waals surface area contributed by atoms with E-state index in [2.05, 4.69) is 22.3 Å². The first kappa shape index (κ1) is 30.3. The molecule has 208 valence electrons. The molecule has 3 aromatic rings. The maximum absolute atomic E-state index is 13.5. The zero-order valence-electron chi connectivity index (χ0n) is 22.7. The number of carboxylic acids is 1. The van der Waals surface area contributed by atoms with Crippen LogP contribution in [-0.2, 0) is 32.6 Å². The quantitative estimate of drug-likeness (QED) is 0.232. The minimum absolute atomic E-state index is 0. The molecule has 0 saturated carbocycles. The van der Waals surface area contributed by atoms with Gasteiger partial charge in [0.2, 0.25) is 0 Å². The number of hydrogen-bond acceptors (Lipinski definition) is 4. The monoisotopic (exact) mass is 568 g/mol. The number of likely N-dealkylation sites (tertiary alicyclic amines) is 1. The summed E-state index contributed by atoms with van der Waals surface area (Å²) in [7, 11) is 0. The number of rotatable bonds is 9. The van der Waals surface area contributed by atoms with Crippen LogP contribution in [0, 0.1) is 5.41 Å². The van der Waals surface area contributed by atoms with E-state index in [0.717, 1.165) is 24.9 Å². The van der Waals surface area contributed by atoms with Crippen molar-refractivity contribution in [2.75, 3.05) is 6.54 Å². The molecule has 39 heavy (non-hydrogen) atoms. The molecule has 1 N–H and O–H groups in total. The molecule has 0 aliphatic carbocycles. The number of benzene rings is 3. The van der Waals surface area contributed by atoms with Gasteiger partial charge >= 0.3 is 5.97 Å². The fourth-order valence-electron chi connectivity index (χ4n) is 4.90. The third-order valence-corrected chi connectivity index (χ3v) is 6.69. The number of carboxylic acid groups (broad SMARTS) is 1. The number of aliphatic imine (C=N–C) groups is 1. The van der Waals surface area contributed by atoms with E-state index < -0.39 is 12.0 Å².